The van der Waals surface area contributed by atoms with Gasteiger partial charge in [-0.1, -0.05) is 41.5 Å². The molecule has 0 amide bonds. The van der Waals surface area contributed by atoms with Crippen LogP contribution in [0.1, 0.15) is 47.2 Å². The SMILES string of the molecule is COc1ccc(CC[C@@H](N=[N+]=[N-])c2cccc(OCCN3CCOCC3)c2)cc1OC.COc1ccc(CC[C@H](OS(C)(=O)=O)c2cccc(OCCN3CCOCC3)c2)cc1OC. The predicted molar refractivity (Wildman–Crippen MR) is 245 cm³/mol. The number of aryl methyl sites for hydroxylation is 2. The van der Waals surface area contributed by atoms with Crippen LogP contribution in [0.5, 0.6) is 34.5 Å². The Balaban J connectivity index is 0.000000241. The fourth-order valence-corrected chi connectivity index (χ4v) is 7.99. The van der Waals surface area contributed by atoms with Gasteiger partial charge in [-0.15, -0.1) is 0 Å². The van der Waals surface area contributed by atoms with Crippen molar-refractivity contribution in [3.63, 3.8) is 0 Å². The summed E-state index contributed by atoms with van der Waals surface area (Å²) in [5.74, 6) is 4.14. The number of benzene rings is 4. The molecule has 0 aromatic heterocycles. The van der Waals surface area contributed by atoms with Gasteiger partial charge in [-0.05, 0) is 102 Å². The molecule has 2 aliphatic heterocycles. The molecular weight excluding hydrogens is 843 g/mol. The van der Waals surface area contributed by atoms with Gasteiger partial charge < -0.3 is 37.9 Å². The first-order chi connectivity index (χ1) is 31.1. The summed E-state index contributed by atoms with van der Waals surface area (Å²) in [6.07, 6.45) is 2.93. The maximum Gasteiger partial charge on any atom is 0.264 e. The highest BCUT2D eigenvalue weighted by atomic mass is 32.2. The molecular formula is C47H63N5O11S. The first-order valence-corrected chi connectivity index (χ1v) is 23.3. The van der Waals surface area contributed by atoms with Gasteiger partial charge >= 0.3 is 0 Å². The second-order valence-corrected chi connectivity index (χ2v) is 16.8. The summed E-state index contributed by atoms with van der Waals surface area (Å²) in [5.41, 5.74) is 12.9. The molecule has 2 aliphatic rings. The van der Waals surface area contributed by atoms with Crippen molar-refractivity contribution in [2.45, 2.75) is 37.8 Å². The van der Waals surface area contributed by atoms with Crippen LogP contribution in [0.15, 0.2) is 90.0 Å². The van der Waals surface area contributed by atoms with Crippen LogP contribution in [0.2, 0.25) is 0 Å². The minimum atomic E-state index is -3.65. The Kier molecular flexibility index (Phi) is 20.6. The lowest BCUT2D eigenvalue weighted by Crippen LogP contribution is -2.38. The number of nitrogens with zero attached hydrogens (tertiary/aromatic N) is 5. The van der Waals surface area contributed by atoms with Crippen LogP contribution < -0.4 is 28.4 Å². The van der Waals surface area contributed by atoms with E-state index in [1.54, 1.807) is 28.4 Å². The zero-order chi connectivity index (χ0) is 45.6. The van der Waals surface area contributed by atoms with Crippen LogP contribution in [0, 0.1) is 0 Å². The number of rotatable bonds is 23. The van der Waals surface area contributed by atoms with Crippen molar-refractivity contribution in [1.29, 1.82) is 0 Å². The van der Waals surface area contributed by atoms with E-state index in [0.29, 0.717) is 61.2 Å². The van der Waals surface area contributed by atoms with Crippen molar-refractivity contribution in [2.75, 3.05) is 114 Å². The van der Waals surface area contributed by atoms with E-state index >= 15 is 0 Å². The Hall–Kier alpha value is -5.26. The lowest BCUT2D eigenvalue weighted by molar-refractivity contribution is 0.0321. The monoisotopic (exact) mass is 905 g/mol. The van der Waals surface area contributed by atoms with E-state index in [2.05, 4.69) is 19.8 Å². The van der Waals surface area contributed by atoms with Gasteiger partial charge in [-0.3, -0.25) is 14.0 Å². The highest BCUT2D eigenvalue weighted by Gasteiger charge is 2.20. The van der Waals surface area contributed by atoms with Gasteiger partial charge in [0.25, 0.3) is 10.1 Å². The second kappa shape index (κ2) is 26.5. The predicted octanol–water partition coefficient (Wildman–Crippen LogP) is 7.46. The van der Waals surface area contributed by atoms with Crippen LogP contribution in [-0.4, -0.2) is 132 Å². The van der Waals surface area contributed by atoms with E-state index in [9.17, 15) is 8.42 Å². The molecule has 0 N–H and O–H groups in total. The smallest absolute Gasteiger partial charge is 0.264 e. The van der Waals surface area contributed by atoms with Gasteiger partial charge in [0.15, 0.2) is 23.0 Å². The van der Waals surface area contributed by atoms with E-state index in [4.69, 9.17) is 47.6 Å². The molecule has 2 fully saturated rings. The van der Waals surface area contributed by atoms with E-state index in [0.717, 1.165) is 106 Å². The number of morpholine rings is 2. The van der Waals surface area contributed by atoms with Gasteiger partial charge in [0, 0.05) is 44.2 Å². The largest absolute Gasteiger partial charge is 0.493 e. The average Bonchev–Trinajstić information content (AvgIpc) is 3.32. The Morgan fingerprint density at radius 3 is 1.58 bits per heavy atom. The minimum Gasteiger partial charge on any atom is -0.493 e. The lowest BCUT2D eigenvalue weighted by atomic mass is 9.99. The maximum atomic E-state index is 11.9. The molecule has 0 unspecified atom stereocenters. The normalized spacial score (nSPS) is 15.4. The van der Waals surface area contributed by atoms with Gasteiger partial charge in [-0.2, -0.15) is 8.42 Å². The molecule has 4 aromatic carbocycles. The zero-order valence-electron chi connectivity index (χ0n) is 37.7. The molecule has 0 spiro atoms. The number of methoxy groups -OCH3 is 4. The van der Waals surface area contributed by atoms with Crippen LogP contribution in [0.25, 0.3) is 10.4 Å². The Morgan fingerprint density at radius 2 is 1.11 bits per heavy atom. The van der Waals surface area contributed by atoms with E-state index in [-0.39, 0.29) is 6.04 Å². The van der Waals surface area contributed by atoms with Gasteiger partial charge in [-0.25, -0.2) is 0 Å². The zero-order valence-corrected chi connectivity index (χ0v) is 38.5. The standard InChI is InChI=1S/C24H33NO7S.C23H30N4O4/c1-28-23-10-8-19(17-24(23)29-2)7-9-22(32-33(3,26)27)20-5-4-6-21(18-20)31-16-13-25-11-14-30-15-12-25;1-28-22-9-7-18(16-23(22)29-2)6-8-21(25-26-24)19-4-3-5-20(17-19)31-15-12-27-10-13-30-14-11-27/h4-6,8,10,17-18,22H,7,9,11-16H2,1-3H3;3-5,7,9,16-17,21H,6,8,10-15H2,1-2H3/t22-;21-/m01/s1. The Morgan fingerprint density at radius 1 is 0.641 bits per heavy atom. The molecule has 0 bridgehead atoms. The van der Waals surface area contributed by atoms with Gasteiger partial charge in [0.05, 0.1) is 67.2 Å². The summed E-state index contributed by atoms with van der Waals surface area (Å²) in [7, 11) is 2.76. The molecule has 0 aliphatic carbocycles. The third kappa shape index (κ3) is 16.7. The molecule has 16 nitrogen and oxygen atoms in total. The summed E-state index contributed by atoms with van der Waals surface area (Å²) >= 11 is 0. The molecule has 17 heteroatoms. The van der Waals surface area contributed by atoms with Gasteiger partial charge in [0.1, 0.15) is 30.8 Å². The van der Waals surface area contributed by atoms with Gasteiger partial charge in [0.2, 0.25) is 0 Å². The Labute approximate surface area is 378 Å². The molecule has 64 heavy (non-hydrogen) atoms. The third-order valence-corrected chi connectivity index (χ3v) is 11.4. The highest BCUT2D eigenvalue weighted by Crippen LogP contribution is 2.33. The summed E-state index contributed by atoms with van der Waals surface area (Å²) in [5, 5.41) is 4.03. The molecule has 4 aromatic rings. The summed E-state index contributed by atoms with van der Waals surface area (Å²) in [6.45, 7) is 9.61. The fourth-order valence-electron chi connectivity index (χ4n) is 7.36. The van der Waals surface area contributed by atoms with E-state index < -0.39 is 16.2 Å². The minimum absolute atomic E-state index is 0.277. The topological polar surface area (TPSA) is 172 Å². The fraction of sp³-hybridized carbons (Fsp3) is 0.489. The van der Waals surface area contributed by atoms with Crippen molar-refractivity contribution in [2.24, 2.45) is 5.11 Å². The quantitative estimate of drug-likeness (QED) is 0.0311. The number of ether oxygens (including phenoxy) is 8. The van der Waals surface area contributed by atoms with Crippen molar-refractivity contribution >= 4 is 10.1 Å². The van der Waals surface area contributed by atoms with Crippen LogP contribution >= 0.6 is 0 Å². The summed E-state index contributed by atoms with van der Waals surface area (Å²) < 4.78 is 73.3. The third-order valence-electron chi connectivity index (χ3n) is 10.8. The molecule has 2 heterocycles. The molecule has 0 radical (unpaired) electrons. The van der Waals surface area contributed by atoms with Crippen molar-refractivity contribution in [3.8, 4) is 34.5 Å². The molecule has 0 saturated carbocycles. The highest BCUT2D eigenvalue weighted by molar-refractivity contribution is 7.86. The first-order valence-electron chi connectivity index (χ1n) is 21.5. The molecule has 2 atom stereocenters. The van der Waals surface area contributed by atoms with Crippen LogP contribution in [-0.2, 0) is 36.6 Å². The van der Waals surface area contributed by atoms with E-state index in [1.807, 2.05) is 84.9 Å². The Bertz CT molecular complexity index is 2180. The summed E-state index contributed by atoms with van der Waals surface area (Å²) in [4.78, 5) is 7.69. The number of azide groups is 1. The van der Waals surface area contributed by atoms with Crippen LogP contribution in [0.4, 0.5) is 0 Å². The second-order valence-electron chi connectivity index (χ2n) is 15.2. The first kappa shape index (κ1) is 49.8. The molecule has 6 rings (SSSR count). The average molecular weight is 906 g/mol. The molecule has 348 valence electrons. The molecule has 2 saturated heterocycles. The van der Waals surface area contributed by atoms with Crippen molar-refractivity contribution in [3.05, 3.63) is 118 Å². The van der Waals surface area contributed by atoms with Crippen molar-refractivity contribution < 1.29 is 50.5 Å². The maximum absolute atomic E-state index is 11.9. The van der Waals surface area contributed by atoms with E-state index in [1.165, 1.54) is 0 Å². The lowest BCUT2D eigenvalue weighted by Gasteiger charge is -2.26. The van der Waals surface area contributed by atoms with Crippen LogP contribution in [0.3, 0.4) is 0 Å². The number of hydrogen-bond acceptors (Lipinski definition) is 14. The summed E-state index contributed by atoms with van der Waals surface area (Å²) in [6, 6.07) is 26.5. The number of hydrogen-bond donors (Lipinski definition) is 0. The van der Waals surface area contributed by atoms with Crippen molar-refractivity contribution in [1.82, 2.24) is 9.80 Å².